The Labute approximate surface area is 200 Å². The summed E-state index contributed by atoms with van der Waals surface area (Å²) in [6.07, 6.45) is 4.67. The summed E-state index contributed by atoms with van der Waals surface area (Å²) < 4.78 is 17.8. The van der Waals surface area contributed by atoms with Gasteiger partial charge in [-0.05, 0) is 57.0 Å². The number of ether oxygens (including phenoxy) is 3. The van der Waals surface area contributed by atoms with Crippen LogP contribution < -0.4 is 19.5 Å². The van der Waals surface area contributed by atoms with Crippen molar-refractivity contribution in [1.82, 2.24) is 0 Å². The van der Waals surface area contributed by atoms with Crippen LogP contribution in [0.4, 0.5) is 5.69 Å². The monoisotopic (exact) mass is 461 g/mol. The van der Waals surface area contributed by atoms with E-state index >= 15 is 0 Å². The van der Waals surface area contributed by atoms with E-state index in [9.17, 15) is 9.59 Å². The van der Waals surface area contributed by atoms with E-state index in [0.717, 1.165) is 27.9 Å². The molecule has 178 valence electrons. The van der Waals surface area contributed by atoms with Crippen molar-refractivity contribution in [1.29, 1.82) is 0 Å². The second-order valence-electron chi connectivity index (χ2n) is 9.40. The Morgan fingerprint density at radius 1 is 1.18 bits per heavy atom. The van der Waals surface area contributed by atoms with E-state index in [1.807, 2.05) is 6.08 Å². The molecule has 2 aromatic carbocycles. The Kier molecular flexibility index (Phi) is 6.26. The fraction of sp³-hybridized carbons (Fsp3) is 0.357. The molecule has 1 N–H and O–H groups in total. The Bertz CT molecular complexity index is 1210. The van der Waals surface area contributed by atoms with Gasteiger partial charge in [0.25, 0.3) is 0 Å². The minimum Gasteiger partial charge on any atom is -0.492 e. The Morgan fingerprint density at radius 3 is 2.62 bits per heavy atom. The summed E-state index contributed by atoms with van der Waals surface area (Å²) in [5.41, 5.74) is 5.94. The maximum atomic E-state index is 12.3. The number of benzene rings is 2. The summed E-state index contributed by atoms with van der Waals surface area (Å²) in [6.45, 7) is 11.8. The first-order chi connectivity index (χ1) is 16.1. The van der Waals surface area contributed by atoms with Gasteiger partial charge in [0.1, 0.15) is 17.6 Å². The first-order valence-electron chi connectivity index (χ1n) is 11.5. The highest BCUT2D eigenvalue weighted by atomic mass is 16.6. The average Bonchev–Trinajstić information content (AvgIpc) is 2.76. The molecule has 4 rings (SSSR count). The summed E-state index contributed by atoms with van der Waals surface area (Å²) in [7, 11) is 1.55. The number of hydrogen-bond donors (Lipinski definition) is 1. The molecule has 34 heavy (non-hydrogen) atoms. The highest BCUT2D eigenvalue weighted by molar-refractivity contribution is 5.92. The molecule has 0 aromatic heterocycles. The Morgan fingerprint density at radius 2 is 1.94 bits per heavy atom. The van der Waals surface area contributed by atoms with Crippen molar-refractivity contribution in [2.24, 2.45) is 0 Å². The minimum absolute atomic E-state index is 0.0169. The lowest BCUT2D eigenvalue weighted by molar-refractivity contribution is -0.136. The lowest BCUT2D eigenvalue weighted by Crippen LogP contribution is -2.32. The minimum atomic E-state index is -0.481. The van der Waals surface area contributed by atoms with E-state index in [-0.39, 0.29) is 30.3 Å². The van der Waals surface area contributed by atoms with Gasteiger partial charge in [0.05, 0.1) is 24.6 Å². The molecule has 6 heteroatoms. The van der Waals surface area contributed by atoms with E-state index in [2.05, 4.69) is 50.9 Å². The van der Waals surface area contributed by atoms with Crippen molar-refractivity contribution < 1.29 is 23.8 Å². The first kappa shape index (κ1) is 23.6. The molecule has 2 aliphatic heterocycles. The van der Waals surface area contributed by atoms with Gasteiger partial charge < -0.3 is 24.3 Å². The van der Waals surface area contributed by atoms with Crippen LogP contribution in [0.5, 0.6) is 17.2 Å². The molecular formula is C28H31NO5. The predicted octanol–water partition coefficient (Wildman–Crippen LogP) is 6.25. The number of esters is 1. The zero-order valence-electron chi connectivity index (χ0n) is 20.4. The van der Waals surface area contributed by atoms with Crippen LogP contribution in [0.25, 0.3) is 16.7 Å². The second-order valence-corrected chi connectivity index (χ2v) is 9.40. The van der Waals surface area contributed by atoms with Gasteiger partial charge in [0.15, 0.2) is 11.5 Å². The molecule has 6 nitrogen and oxygen atoms in total. The van der Waals surface area contributed by atoms with E-state index in [0.29, 0.717) is 23.7 Å². The number of fused-ring (bicyclic) bond motifs is 5. The molecule has 0 amide bonds. The van der Waals surface area contributed by atoms with Crippen LogP contribution in [0.1, 0.15) is 64.2 Å². The Hall–Kier alpha value is -3.54. The van der Waals surface area contributed by atoms with Crippen LogP contribution >= 0.6 is 0 Å². The van der Waals surface area contributed by atoms with Gasteiger partial charge in [0.2, 0.25) is 0 Å². The number of carbonyl (C=O) groups excluding carboxylic acids is 2. The third kappa shape index (κ3) is 4.32. The van der Waals surface area contributed by atoms with Gasteiger partial charge in [-0.2, -0.15) is 0 Å². The maximum absolute atomic E-state index is 12.3. The molecule has 0 aliphatic carbocycles. The number of Topliss-reactive ketones (excluding diaryl/α,β-unsaturated/α-hetero) is 1. The largest absolute Gasteiger partial charge is 0.492 e. The second kappa shape index (κ2) is 9.01. The van der Waals surface area contributed by atoms with E-state index in [1.165, 1.54) is 12.5 Å². The normalized spacial score (nSPS) is 17.1. The summed E-state index contributed by atoms with van der Waals surface area (Å²) in [5.74, 6) is 0.847. The standard InChI is InChI=1S/C28H31NO5/c1-7-8-20-25-18(10-11-19-24(25)16(2)15-28(4,5)29-19)26-21(33-20)12-13-22(27(26)32-6)34-23(31)14-9-17(3)30/h7,10-13,15,20,29H,1,8-9,14H2,2-6H3. The van der Waals surface area contributed by atoms with Crippen molar-refractivity contribution in [3.8, 4) is 28.4 Å². The number of anilines is 1. The summed E-state index contributed by atoms with van der Waals surface area (Å²) in [4.78, 5) is 23.6. The van der Waals surface area contributed by atoms with Crippen LogP contribution in [0, 0.1) is 0 Å². The number of ketones is 1. The van der Waals surface area contributed by atoms with Crippen molar-refractivity contribution in [2.75, 3.05) is 12.4 Å². The summed E-state index contributed by atoms with van der Waals surface area (Å²) >= 11 is 0. The van der Waals surface area contributed by atoms with Gasteiger partial charge in [-0.15, -0.1) is 6.58 Å². The lowest BCUT2D eigenvalue weighted by Gasteiger charge is -2.37. The van der Waals surface area contributed by atoms with Crippen molar-refractivity contribution in [2.45, 2.75) is 58.6 Å². The topological polar surface area (TPSA) is 73.9 Å². The fourth-order valence-electron chi connectivity index (χ4n) is 4.86. The number of methoxy groups -OCH3 is 1. The molecule has 0 saturated heterocycles. The SMILES string of the molecule is C=CCC1Oc2ccc(OC(=O)CCC(C)=O)c(OC)c2-c2ccc3c(c21)C(C)=CC(C)(C)N3. The Balaban J connectivity index is 1.86. The lowest BCUT2D eigenvalue weighted by atomic mass is 9.81. The zero-order chi connectivity index (χ0) is 24.6. The van der Waals surface area contributed by atoms with Crippen molar-refractivity contribution in [3.05, 3.63) is 54.1 Å². The number of carbonyl (C=O) groups is 2. The first-order valence-corrected chi connectivity index (χ1v) is 11.5. The molecule has 1 unspecified atom stereocenters. The number of hydrogen-bond acceptors (Lipinski definition) is 6. The third-order valence-corrected chi connectivity index (χ3v) is 6.11. The van der Waals surface area contributed by atoms with Crippen LogP contribution in [0.3, 0.4) is 0 Å². The molecule has 0 saturated carbocycles. The molecule has 2 heterocycles. The van der Waals surface area contributed by atoms with Gasteiger partial charge in [-0.3, -0.25) is 4.79 Å². The highest BCUT2D eigenvalue weighted by Gasteiger charge is 2.35. The van der Waals surface area contributed by atoms with Crippen LogP contribution in [0.2, 0.25) is 0 Å². The predicted molar refractivity (Wildman–Crippen MR) is 134 cm³/mol. The molecule has 0 radical (unpaired) electrons. The maximum Gasteiger partial charge on any atom is 0.311 e. The van der Waals surface area contributed by atoms with Crippen molar-refractivity contribution >= 4 is 23.0 Å². The molecule has 0 bridgehead atoms. The van der Waals surface area contributed by atoms with Crippen LogP contribution in [-0.2, 0) is 9.59 Å². The molecule has 1 atom stereocenters. The third-order valence-electron chi connectivity index (χ3n) is 6.11. The summed E-state index contributed by atoms with van der Waals surface area (Å²) in [6, 6.07) is 7.62. The van der Waals surface area contributed by atoms with Crippen LogP contribution in [0.15, 0.2) is 43.0 Å². The highest BCUT2D eigenvalue weighted by Crippen LogP contribution is 2.54. The van der Waals surface area contributed by atoms with Crippen molar-refractivity contribution in [3.63, 3.8) is 0 Å². The number of rotatable bonds is 7. The van der Waals surface area contributed by atoms with Crippen LogP contribution in [-0.4, -0.2) is 24.4 Å². The average molecular weight is 462 g/mol. The number of allylic oxidation sites excluding steroid dienone is 1. The van der Waals surface area contributed by atoms with E-state index in [4.69, 9.17) is 14.2 Å². The molecule has 2 aromatic rings. The van der Waals surface area contributed by atoms with Gasteiger partial charge in [0, 0.05) is 29.7 Å². The molecule has 0 fully saturated rings. The van der Waals surface area contributed by atoms with E-state index in [1.54, 1.807) is 19.2 Å². The van der Waals surface area contributed by atoms with Gasteiger partial charge in [-0.1, -0.05) is 18.2 Å². The number of nitrogens with one attached hydrogen (secondary N) is 1. The fourth-order valence-corrected chi connectivity index (χ4v) is 4.86. The van der Waals surface area contributed by atoms with Gasteiger partial charge >= 0.3 is 5.97 Å². The zero-order valence-corrected chi connectivity index (χ0v) is 20.4. The molecule has 2 aliphatic rings. The van der Waals surface area contributed by atoms with E-state index < -0.39 is 5.97 Å². The quantitative estimate of drug-likeness (QED) is 0.298. The molecular weight excluding hydrogens is 430 g/mol. The smallest absolute Gasteiger partial charge is 0.311 e. The summed E-state index contributed by atoms with van der Waals surface area (Å²) in [5, 5.41) is 3.61. The van der Waals surface area contributed by atoms with Gasteiger partial charge in [-0.25, -0.2) is 0 Å². The molecule has 0 spiro atoms.